The molecule has 0 heteroatoms. The standard InChI is InChI=1S/C8H12/c1-3-4-7(2)8-5-6-8/h1,7-8H,4-6H2,2H3. The van der Waals surface area contributed by atoms with E-state index >= 15 is 0 Å². The normalized spacial score (nSPS) is 22.0. The maximum absolute atomic E-state index is 5.14. The Bertz CT molecular complexity index is 104. The number of terminal acetylenes is 1. The Kier molecular flexibility index (Phi) is 1.58. The summed E-state index contributed by atoms with van der Waals surface area (Å²) in [5.41, 5.74) is 0. The lowest BCUT2D eigenvalue weighted by Crippen LogP contribution is -1.93. The quantitative estimate of drug-likeness (QED) is 0.475. The molecule has 0 aromatic heterocycles. The molecule has 0 nitrogen and oxygen atoms in total. The third-order valence-electron chi connectivity index (χ3n) is 1.87. The summed E-state index contributed by atoms with van der Waals surface area (Å²) < 4.78 is 0. The highest BCUT2D eigenvalue weighted by Gasteiger charge is 2.26. The van der Waals surface area contributed by atoms with E-state index in [1.54, 1.807) is 0 Å². The van der Waals surface area contributed by atoms with Crippen molar-refractivity contribution in [3.63, 3.8) is 0 Å². The van der Waals surface area contributed by atoms with Gasteiger partial charge in [-0.3, -0.25) is 0 Å². The van der Waals surface area contributed by atoms with Gasteiger partial charge in [0, 0.05) is 6.42 Å². The summed E-state index contributed by atoms with van der Waals surface area (Å²) in [5.74, 6) is 4.46. The third-order valence-corrected chi connectivity index (χ3v) is 1.87. The van der Waals surface area contributed by atoms with E-state index in [0.29, 0.717) is 0 Å². The summed E-state index contributed by atoms with van der Waals surface area (Å²) in [4.78, 5) is 0. The molecule has 1 rings (SSSR count). The minimum absolute atomic E-state index is 0.792. The van der Waals surface area contributed by atoms with Crippen LogP contribution in [0.25, 0.3) is 0 Å². The molecule has 1 aliphatic carbocycles. The Morgan fingerprint density at radius 3 is 2.75 bits per heavy atom. The van der Waals surface area contributed by atoms with E-state index in [1.165, 1.54) is 12.8 Å². The summed E-state index contributed by atoms with van der Waals surface area (Å²) in [6, 6.07) is 0. The minimum atomic E-state index is 0.792. The van der Waals surface area contributed by atoms with Crippen molar-refractivity contribution in [3.8, 4) is 12.3 Å². The Morgan fingerprint density at radius 2 is 2.38 bits per heavy atom. The average molecular weight is 108 g/mol. The van der Waals surface area contributed by atoms with Crippen LogP contribution in [-0.4, -0.2) is 0 Å². The van der Waals surface area contributed by atoms with Crippen LogP contribution in [0.3, 0.4) is 0 Å². The maximum atomic E-state index is 5.14. The Hall–Kier alpha value is -0.440. The lowest BCUT2D eigenvalue weighted by molar-refractivity contribution is 0.524. The van der Waals surface area contributed by atoms with Gasteiger partial charge in [-0.25, -0.2) is 0 Å². The van der Waals surface area contributed by atoms with E-state index in [9.17, 15) is 0 Å². The molecular weight excluding hydrogens is 96.1 g/mol. The molecule has 1 fully saturated rings. The Balaban J connectivity index is 2.15. The second-order valence-electron chi connectivity index (χ2n) is 2.72. The lowest BCUT2D eigenvalue weighted by atomic mass is 10.0. The first kappa shape index (κ1) is 5.69. The van der Waals surface area contributed by atoms with Gasteiger partial charge >= 0.3 is 0 Å². The second kappa shape index (κ2) is 2.22. The van der Waals surface area contributed by atoms with Crippen molar-refractivity contribution in [2.45, 2.75) is 26.2 Å². The van der Waals surface area contributed by atoms with Crippen molar-refractivity contribution in [1.29, 1.82) is 0 Å². The molecule has 0 heterocycles. The average Bonchev–Trinajstić information content (AvgIpc) is 2.45. The van der Waals surface area contributed by atoms with Gasteiger partial charge < -0.3 is 0 Å². The zero-order valence-corrected chi connectivity index (χ0v) is 5.35. The van der Waals surface area contributed by atoms with Gasteiger partial charge in [0.1, 0.15) is 0 Å². The molecule has 8 heavy (non-hydrogen) atoms. The molecule has 0 bridgehead atoms. The van der Waals surface area contributed by atoms with Crippen molar-refractivity contribution in [1.82, 2.24) is 0 Å². The molecular formula is C8H12. The fourth-order valence-corrected chi connectivity index (χ4v) is 1.02. The van der Waals surface area contributed by atoms with E-state index < -0.39 is 0 Å². The van der Waals surface area contributed by atoms with Gasteiger partial charge in [-0.05, 0) is 24.7 Å². The molecule has 0 radical (unpaired) electrons. The fourth-order valence-electron chi connectivity index (χ4n) is 1.02. The van der Waals surface area contributed by atoms with Crippen molar-refractivity contribution in [3.05, 3.63) is 0 Å². The van der Waals surface area contributed by atoms with E-state index in [4.69, 9.17) is 6.42 Å². The van der Waals surface area contributed by atoms with Gasteiger partial charge in [0.15, 0.2) is 0 Å². The topological polar surface area (TPSA) is 0 Å². The zero-order chi connectivity index (χ0) is 5.98. The van der Waals surface area contributed by atoms with Crippen LogP contribution < -0.4 is 0 Å². The summed E-state index contributed by atoms with van der Waals surface area (Å²) in [6.45, 7) is 2.25. The molecule has 0 aromatic carbocycles. The fraction of sp³-hybridized carbons (Fsp3) is 0.750. The van der Waals surface area contributed by atoms with Crippen LogP contribution in [-0.2, 0) is 0 Å². The van der Waals surface area contributed by atoms with Gasteiger partial charge in [-0.15, -0.1) is 12.3 Å². The molecule has 44 valence electrons. The van der Waals surface area contributed by atoms with Gasteiger partial charge in [-0.2, -0.15) is 0 Å². The predicted octanol–water partition coefficient (Wildman–Crippen LogP) is 2.06. The summed E-state index contributed by atoms with van der Waals surface area (Å²) in [6.07, 6.45) is 8.96. The molecule has 0 aliphatic heterocycles. The van der Waals surface area contributed by atoms with Gasteiger partial charge in [0.2, 0.25) is 0 Å². The molecule has 0 aromatic rings. The van der Waals surface area contributed by atoms with E-state index in [2.05, 4.69) is 12.8 Å². The predicted molar refractivity (Wildman–Crippen MR) is 35.3 cm³/mol. The lowest BCUT2D eigenvalue weighted by Gasteiger charge is -2.01. The molecule has 1 unspecified atom stereocenters. The van der Waals surface area contributed by atoms with Gasteiger partial charge in [-0.1, -0.05) is 6.92 Å². The number of rotatable bonds is 2. The first-order valence-electron chi connectivity index (χ1n) is 3.28. The van der Waals surface area contributed by atoms with Crippen molar-refractivity contribution in [2.24, 2.45) is 11.8 Å². The summed E-state index contributed by atoms with van der Waals surface area (Å²) in [5, 5.41) is 0. The van der Waals surface area contributed by atoms with E-state index in [-0.39, 0.29) is 0 Å². The van der Waals surface area contributed by atoms with Crippen LogP contribution in [0.15, 0.2) is 0 Å². The highest BCUT2D eigenvalue weighted by atomic mass is 14.3. The first-order chi connectivity index (χ1) is 3.84. The van der Waals surface area contributed by atoms with Crippen molar-refractivity contribution < 1.29 is 0 Å². The largest absolute Gasteiger partial charge is 0.120 e. The number of hydrogen-bond donors (Lipinski definition) is 0. The van der Waals surface area contributed by atoms with E-state index in [0.717, 1.165) is 18.3 Å². The molecule has 0 spiro atoms. The zero-order valence-electron chi connectivity index (χ0n) is 5.35. The molecule has 0 saturated heterocycles. The number of hydrogen-bond acceptors (Lipinski definition) is 0. The highest BCUT2D eigenvalue weighted by Crippen LogP contribution is 2.37. The maximum Gasteiger partial charge on any atom is 0.0114 e. The second-order valence-corrected chi connectivity index (χ2v) is 2.72. The highest BCUT2D eigenvalue weighted by molar-refractivity contribution is 4.90. The summed E-state index contributed by atoms with van der Waals surface area (Å²) in [7, 11) is 0. The monoisotopic (exact) mass is 108 g/mol. The van der Waals surface area contributed by atoms with Gasteiger partial charge in [0.05, 0.1) is 0 Å². The van der Waals surface area contributed by atoms with Crippen LogP contribution in [0, 0.1) is 24.2 Å². The van der Waals surface area contributed by atoms with Crippen LogP contribution in [0.2, 0.25) is 0 Å². The molecule has 0 N–H and O–H groups in total. The smallest absolute Gasteiger partial charge is 0.0114 e. The van der Waals surface area contributed by atoms with Crippen molar-refractivity contribution in [2.75, 3.05) is 0 Å². The summed E-state index contributed by atoms with van der Waals surface area (Å²) >= 11 is 0. The third kappa shape index (κ3) is 1.26. The SMILES string of the molecule is C#CCC(C)C1CC1. The molecule has 1 aliphatic rings. The van der Waals surface area contributed by atoms with Crippen LogP contribution >= 0.6 is 0 Å². The molecule has 0 amide bonds. The van der Waals surface area contributed by atoms with Crippen LogP contribution in [0.5, 0.6) is 0 Å². The van der Waals surface area contributed by atoms with Gasteiger partial charge in [0.25, 0.3) is 0 Å². The van der Waals surface area contributed by atoms with Crippen LogP contribution in [0.4, 0.5) is 0 Å². The molecule has 1 atom stereocenters. The van der Waals surface area contributed by atoms with Crippen molar-refractivity contribution >= 4 is 0 Å². The molecule has 1 saturated carbocycles. The van der Waals surface area contributed by atoms with E-state index in [1.807, 2.05) is 0 Å². The van der Waals surface area contributed by atoms with Crippen LogP contribution in [0.1, 0.15) is 26.2 Å². The Morgan fingerprint density at radius 1 is 1.75 bits per heavy atom. The first-order valence-corrected chi connectivity index (χ1v) is 3.28. The minimum Gasteiger partial charge on any atom is -0.120 e. The Labute approximate surface area is 51.3 Å².